The van der Waals surface area contributed by atoms with E-state index in [9.17, 15) is 30.7 Å². The van der Waals surface area contributed by atoms with Gasteiger partial charge in [-0.25, -0.2) is 22.0 Å². The Morgan fingerprint density at radius 1 is 0.714 bits per heavy atom. The molecule has 0 saturated heterocycles. The molecule has 1 fully saturated rings. The SMILES string of the molecule is C.CC1CCC(c2ccc(-c3cc(F)c(C(F)(F)Oc4cc(F)c(F)c(F)c4)c(F)c3)cc2)CC1. The first-order valence-electron chi connectivity index (χ1n) is 10.9. The maximum Gasteiger partial charge on any atom is 0.432 e. The van der Waals surface area contributed by atoms with Gasteiger partial charge in [-0.05, 0) is 53.5 Å². The van der Waals surface area contributed by atoms with Crippen molar-refractivity contribution in [2.24, 2.45) is 5.92 Å². The van der Waals surface area contributed by atoms with Crippen molar-refractivity contribution in [3.8, 4) is 16.9 Å². The third-order valence-electron chi connectivity index (χ3n) is 6.27. The second kappa shape index (κ2) is 10.3. The first-order valence-corrected chi connectivity index (χ1v) is 10.9. The summed E-state index contributed by atoms with van der Waals surface area (Å²) < 4.78 is 102. The van der Waals surface area contributed by atoms with E-state index in [0.717, 1.165) is 43.4 Å². The summed E-state index contributed by atoms with van der Waals surface area (Å²) in [4.78, 5) is 0. The van der Waals surface area contributed by atoms with Crippen molar-refractivity contribution in [3.63, 3.8) is 0 Å². The van der Waals surface area contributed by atoms with Gasteiger partial charge < -0.3 is 4.74 Å². The Bertz CT molecular complexity index is 1140. The van der Waals surface area contributed by atoms with Crippen LogP contribution in [0.4, 0.5) is 30.7 Å². The van der Waals surface area contributed by atoms with Crippen LogP contribution in [0, 0.1) is 35.0 Å². The highest BCUT2D eigenvalue weighted by Gasteiger charge is 2.41. The maximum atomic E-state index is 14.6. The second-order valence-electron chi connectivity index (χ2n) is 8.71. The topological polar surface area (TPSA) is 9.23 Å². The first-order chi connectivity index (χ1) is 16.0. The van der Waals surface area contributed by atoms with Gasteiger partial charge in [-0.2, -0.15) is 8.78 Å². The summed E-state index contributed by atoms with van der Waals surface area (Å²) in [6.07, 6.45) is -0.216. The Hall–Kier alpha value is -3.03. The van der Waals surface area contributed by atoms with Crippen molar-refractivity contribution < 1.29 is 35.5 Å². The normalized spacial score (nSPS) is 18.2. The van der Waals surface area contributed by atoms with Crippen LogP contribution in [0.15, 0.2) is 48.5 Å². The zero-order chi connectivity index (χ0) is 24.6. The molecular weight excluding hydrogens is 473 g/mol. The van der Waals surface area contributed by atoms with Crippen molar-refractivity contribution in [3.05, 3.63) is 88.7 Å². The van der Waals surface area contributed by atoms with Gasteiger partial charge in [0.05, 0.1) is 0 Å². The molecule has 0 atom stereocenters. The lowest BCUT2D eigenvalue weighted by Crippen LogP contribution is -2.25. The third-order valence-corrected chi connectivity index (χ3v) is 6.27. The van der Waals surface area contributed by atoms with E-state index in [1.807, 2.05) is 12.1 Å². The Balaban J connectivity index is 0.00000342. The minimum Gasteiger partial charge on any atom is -0.429 e. The van der Waals surface area contributed by atoms with Crippen molar-refractivity contribution in [2.75, 3.05) is 0 Å². The second-order valence-corrected chi connectivity index (χ2v) is 8.71. The van der Waals surface area contributed by atoms with Gasteiger partial charge >= 0.3 is 6.11 Å². The Labute approximate surface area is 199 Å². The zero-order valence-corrected chi connectivity index (χ0v) is 18.2. The highest BCUT2D eigenvalue weighted by molar-refractivity contribution is 5.64. The lowest BCUT2D eigenvalue weighted by Gasteiger charge is -2.26. The highest BCUT2D eigenvalue weighted by Crippen LogP contribution is 2.39. The summed E-state index contributed by atoms with van der Waals surface area (Å²) in [6, 6.07) is 8.89. The van der Waals surface area contributed by atoms with Crippen LogP contribution in [0.2, 0.25) is 0 Å². The number of hydrogen-bond donors (Lipinski definition) is 0. The lowest BCUT2D eigenvalue weighted by molar-refractivity contribution is -0.189. The number of hydrogen-bond acceptors (Lipinski definition) is 1. The van der Waals surface area contributed by atoms with E-state index in [0.29, 0.717) is 17.4 Å². The van der Waals surface area contributed by atoms with E-state index in [1.54, 1.807) is 12.1 Å². The molecule has 3 aromatic carbocycles. The standard InChI is InChI=1S/C26H21F7O.CH4/c1-14-2-4-15(5-3-14)16-6-8-17(9-7-16)18-10-20(27)24(21(28)11-18)26(32,33)34-19-12-22(29)25(31)23(30)13-19;/h6-15H,2-5H2,1H3;1H4. The number of alkyl halides is 2. The van der Waals surface area contributed by atoms with Crippen LogP contribution in [0.25, 0.3) is 11.1 Å². The molecule has 35 heavy (non-hydrogen) atoms. The molecule has 1 saturated carbocycles. The van der Waals surface area contributed by atoms with Gasteiger partial charge in [0.1, 0.15) is 22.9 Å². The minimum absolute atomic E-state index is 0. The molecular formula is C27H25F7O. The molecule has 188 valence electrons. The van der Waals surface area contributed by atoms with Crippen LogP contribution in [-0.4, -0.2) is 0 Å². The van der Waals surface area contributed by atoms with Gasteiger partial charge in [-0.3, -0.25) is 0 Å². The molecule has 0 spiro atoms. The summed E-state index contributed by atoms with van der Waals surface area (Å²) >= 11 is 0. The van der Waals surface area contributed by atoms with E-state index in [2.05, 4.69) is 11.7 Å². The number of halogens is 7. The van der Waals surface area contributed by atoms with Crippen LogP contribution in [0.1, 0.15) is 57.1 Å². The average Bonchev–Trinajstić information content (AvgIpc) is 2.77. The fraction of sp³-hybridized carbons (Fsp3) is 0.333. The van der Waals surface area contributed by atoms with Crippen molar-refractivity contribution in [1.29, 1.82) is 0 Å². The lowest BCUT2D eigenvalue weighted by atomic mass is 9.79. The van der Waals surface area contributed by atoms with Crippen LogP contribution < -0.4 is 4.74 Å². The highest BCUT2D eigenvalue weighted by atomic mass is 19.3. The molecule has 1 aliphatic carbocycles. The smallest absolute Gasteiger partial charge is 0.429 e. The molecule has 0 aromatic heterocycles. The quantitative estimate of drug-likeness (QED) is 0.252. The van der Waals surface area contributed by atoms with E-state index in [1.165, 1.54) is 0 Å². The van der Waals surface area contributed by atoms with Crippen LogP contribution in [0.3, 0.4) is 0 Å². The first kappa shape index (κ1) is 26.6. The van der Waals surface area contributed by atoms with Crippen LogP contribution in [0.5, 0.6) is 5.75 Å². The summed E-state index contributed by atoms with van der Waals surface area (Å²) in [6.45, 7) is 2.22. The Morgan fingerprint density at radius 3 is 1.74 bits per heavy atom. The molecule has 0 amide bonds. The van der Waals surface area contributed by atoms with E-state index >= 15 is 0 Å². The summed E-state index contributed by atoms with van der Waals surface area (Å²) in [7, 11) is 0. The Kier molecular flexibility index (Phi) is 7.82. The predicted octanol–water partition coefficient (Wildman–Crippen LogP) is 9.11. The summed E-state index contributed by atoms with van der Waals surface area (Å²) in [5.41, 5.74) is -0.136. The van der Waals surface area contributed by atoms with Gasteiger partial charge in [-0.1, -0.05) is 51.5 Å². The van der Waals surface area contributed by atoms with Crippen molar-refractivity contribution >= 4 is 0 Å². The van der Waals surface area contributed by atoms with Crippen LogP contribution >= 0.6 is 0 Å². The fourth-order valence-corrected chi connectivity index (χ4v) is 4.35. The molecule has 0 bridgehead atoms. The molecule has 0 N–H and O–H groups in total. The van der Waals surface area contributed by atoms with Gasteiger partial charge in [0.15, 0.2) is 17.5 Å². The molecule has 0 aliphatic heterocycles. The van der Waals surface area contributed by atoms with E-state index in [4.69, 9.17) is 0 Å². The van der Waals surface area contributed by atoms with Gasteiger partial charge in [0.2, 0.25) is 0 Å². The molecule has 4 rings (SSSR count). The van der Waals surface area contributed by atoms with E-state index in [-0.39, 0.29) is 25.1 Å². The van der Waals surface area contributed by atoms with Crippen molar-refractivity contribution in [2.45, 2.75) is 52.1 Å². The molecule has 1 nitrogen and oxygen atoms in total. The largest absolute Gasteiger partial charge is 0.432 e. The predicted molar refractivity (Wildman–Crippen MR) is 120 cm³/mol. The molecule has 3 aromatic rings. The van der Waals surface area contributed by atoms with Gasteiger partial charge in [0.25, 0.3) is 0 Å². The molecule has 1 aliphatic rings. The van der Waals surface area contributed by atoms with Crippen LogP contribution in [-0.2, 0) is 6.11 Å². The third kappa shape index (κ3) is 5.63. The van der Waals surface area contributed by atoms with Crippen molar-refractivity contribution in [1.82, 2.24) is 0 Å². The fourth-order valence-electron chi connectivity index (χ4n) is 4.35. The van der Waals surface area contributed by atoms with Gasteiger partial charge in [-0.15, -0.1) is 0 Å². The zero-order valence-electron chi connectivity index (χ0n) is 18.2. The monoisotopic (exact) mass is 498 g/mol. The molecule has 0 unspecified atom stereocenters. The number of benzene rings is 3. The number of rotatable bonds is 5. The minimum atomic E-state index is -4.62. The molecule has 0 heterocycles. The maximum absolute atomic E-state index is 14.6. The average molecular weight is 498 g/mol. The van der Waals surface area contributed by atoms with Gasteiger partial charge in [0, 0.05) is 12.1 Å². The molecule has 0 radical (unpaired) electrons. The number of ether oxygens (including phenoxy) is 1. The molecule has 8 heteroatoms. The van der Waals surface area contributed by atoms with E-state index < -0.39 is 46.5 Å². The summed E-state index contributed by atoms with van der Waals surface area (Å²) in [5.74, 6) is -8.68. The Morgan fingerprint density at radius 2 is 1.23 bits per heavy atom. The summed E-state index contributed by atoms with van der Waals surface area (Å²) in [5, 5.41) is 0.